The number of hydrogen-bond acceptors (Lipinski definition) is 4. The van der Waals surface area contributed by atoms with E-state index in [9.17, 15) is 5.11 Å². The van der Waals surface area contributed by atoms with Crippen LogP contribution in [0.1, 0.15) is 36.5 Å². The third-order valence-electron chi connectivity index (χ3n) is 5.87. The van der Waals surface area contributed by atoms with Crippen LogP contribution in [0.25, 0.3) is 0 Å². The molecule has 0 spiro atoms. The van der Waals surface area contributed by atoms with Crippen LogP contribution >= 0.6 is 0 Å². The third kappa shape index (κ3) is 6.89. The molecule has 168 valence electrons. The first kappa shape index (κ1) is 22.9. The summed E-state index contributed by atoms with van der Waals surface area (Å²) in [5.41, 5.74) is 3.67. The van der Waals surface area contributed by atoms with Crippen LogP contribution in [-0.4, -0.2) is 55.3 Å². The van der Waals surface area contributed by atoms with Crippen LogP contribution in [0.15, 0.2) is 47.5 Å². The smallest absolute Gasteiger partial charge is 0.191 e. The first-order chi connectivity index (χ1) is 15.1. The van der Waals surface area contributed by atoms with E-state index >= 15 is 0 Å². The number of benzene rings is 2. The maximum atomic E-state index is 10.1. The van der Waals surface area contributed by atoms with Gasteiger partial charge < -0.3 is 20.5 Å². The molecule has 0 aromatic heterocycles. The Balaban J connectivity index is 1.48. The standard InChI is InChI=1S/C25H36N4O2/c1-4-26-25(27-14-11-20-9-10-23(31-3)17-24(20)30)28-22-12-15-29(16-13-22)18-21-8-6-5-7-19(21)2/h5-10,17,22,30H,4,11-16,18H2,1-3H3,(H2,26,27,28). The van der Waals surface area contributed by atoms with Crippen molar-refractivity contribution in [3.05, 3.63) is 59.2 Å². The molecule has 0 aliphatic carbocycles. The van der Waals surface area contributed by atoms with Gasteiger partial charge in [-0.15, -0.1) is 0 Å². The van der Waals surface area contributed by atoms with Gasteiger partial charge in [-0.05, 0) is 55.9 Å². The van der Waals surface area contributed by atoms with Crippen LogP contribution in [-0.2, 0) is 13.0 Å². The molecule has 2 aromatic rings. The summed E-state index contributed by atoms with van der Waals surface area (Å²) in [7, 11) is 1.60. The number of methoxy groups -OCH3 is 1. The number of phenols is 1. The molecule has 2 aromatic carbocycles. The number of nitrogens with zero attached hydrogens (tertiary/aromatic N) is 2. The van der Waals surface area contributed by atoms with Crippen molar-refractivity contribution in [2.24, 2.45) is 4.99 Å². The first-order valence-electron chi connectivity index (χ1n) is 11.3. The van der Waals surface area contributed by atoms with Gasteiger partial charge in [0.2, 0.25) is 0 Å². The number of aromatic hydroxyl groups is 1. The molecule has 0 atom stereocenters. The minimum atomic E-state index is 0.258. The summed E-state index contributed by atoms with van der Waals surface area (Å²) in [6, 6.07) is 14.5. The van der Waals surface area contributed by atoms with Crippen LogP contribution in [0.4, 0.5) is 0 Å². The van der Waals surface area contributed by atoms with Crippen LogP contribution in [0.3, 0.4) is 0 Å². The SMILES string of the molecule is CCNC(=NCCc1ccc(OC)cc1O)NC1CCN(Cc2ccccc2C)CC1. The molecule has 6 nitrogen and oxygen atoms in total. The molecule has 1 aliphatic rings. The number of nitrogens with one attached hydrogen (secondary N) is 2. The molecule has 3 N–H and O–H groups in total. The van der Waals surface area contributed by atoms with Crippen molar-refractivity contribution in [3.63, 3.8) is 0 Å². The predicted molar refractivity (Wildman–Crippen MR) is 127 cm³/mol. The topological polar surface area (TPSA) is 69.1 Å². The van der Waals surface area contributed by atoms with Gasteiger partial charge in [-0.25, -0.2) is 0 Å². The van der Waals surface area contributed by atoms with Crippen LogP contribution in [0.2, 0.25) is 0 Å². The van der Waals surface area contributed by atoms with Crippen molar-refractivity contribution in [1.29, 1.82) is 0 Å². The number of ether oxygens (including phenoxy) is 1. The zero-order chi connectivity index (χ0) is 22.1. The van der Waals surface area contributed by atoms with Gasteiger partial charge >= 0.3 is 0 Å². The first-order valence-corrected chi connectivity index (χ1v) is 11.3. The molecule has 1 fully saturated rings. The molecule has 1 aliphatic heterocycles. The fourth-order valence-electron chi connectivity index (χ4n) is 3.95. The molecule has 0 saturated carbocycles. The van der Waals surface area contributed by atoms with Crippen molar-refractivity contribution in [2.75, 3.05) is 33.3 Å². The van der Waals surface area contributed by atoms with E-state index < -0.39 is 0 Å². The molecular weight excluding hydrogens is 388 g/mol. The van der Waals surface area contributed by atoms with Crippen molar-refractivity contribution in [2.45, 2.75) is 45.7 Å². The Morgan fingerprint density at radius 1 is 1.16 bits per heavy atom. The number of piperidine rings is 1. The fraction of sp³-hybridized carbons (Fsp3) is 0.480. The van der Waals surface area contributed by atoms with Gasteiger partial charge in [0.15, 0.2) is 5.96 Å². The average Bonchev–Trinajstić information content (AvgIpc) is 2.78. The fourth-order valence-corrected chi connectivity index (χ4v) is 3.95. The van der Waals surface area contributed by atoms with Gasteiger partial charge in [0, 0.05) is 44.8 Å². The summed E-state index contributed by atoms with van der Waals surface area (Å²) < 4.78 is 5.14. The Labute approximate surface area is 186 Å². The molecule has 31 heavy (non-hydrogen) atoms. The van der Waals surface area contributed by atoms with Gasteiger partial charge in [0.05, 0.1) is 7.11 Å². The average molecular weight is 425 g/mol. The van der Waals surface area contributed by atoms with Gasteiger partial charge in [0.25, 0.3) is 0 Å². The lowest BCUT2D eigenvalue weighted by atomic mass is 10.0. The van der Waals surface area contributed by atoms with E-state index in [-0.39, 0.29) is 5.75 Å². The molecule has 0 bridgehead atoms. The Kier molecular flexibility index (Phi) is 8.59. The Morgan fingerprint density at radius 3 is 2.61 bits per heavy atom. The summed E-state index contributed by atoms with van der Waals surface area (Å²) in [6.45, 7) is 8.91. The number of aryl methyl sites for hydroxylation is 1. The maximum absolute atomic E-state index is 10.1. The highest BCUT2D eigenvalue weighted by atomic mass is 16.5. The number of likely N-dealkylation sites (tertiary alicyclic amines) is 1. The van der Waals surface area contributed by atoms with E-state index in [4.69, 9.17) is 9.73 Å². The van der Waals surface area contributed by atoms with Crippen molar-refractivity contribution < 1.29 is 9.84 Å². The molecule has 0 unspecified atom stereocenters. The number of guanidine groups is 1. The van der Waals surface area contributed by atoms with E-state index in [1.54, 1.807) is 13.2 Å². The molecule has 3 rings (SSSR count). The van der Waals surface area contributed by atoms with E-state index in [0.717, 1.165) is 50.5 Å². The van der Waals surface area contributed by atoms with Crippen molar-refractivity contribution in [3.8, 4) is 11.5 Å². The summed E-state index contributed by atoms with van der Waals surface area (Å²) in [4.78, 5) is 7.26. The Hall–Kier alpha value is -2.73. The molecule has 6 heteroatoms. The second-order valence-electron chi connectivity index (χ2n) is 8.13. The van der Waals surface area contributed by atoms with Gasteiger partial charge in [-0.3, -0.25) is 9.89 Å². The summed E-state index contributed by atoms with van der Waals surface area (Å²) in [5, 5.41) is 17.1. The van der Waals surface area contributed by atoms with Crippen molar-refractivity contribution >= 4 is 5.96 Å². The second kappa shape index (κ2) is 11.6. The normalized spacial score (nSPS) is 15.6. The van der Waals surface area contributed by atoms with Crippen LogP contribution in [0, 0.1) is 6.92 Å². The number of aliphatic imine (C=N–C) groups is 1. The minimum Gasteiger partial charge on any atom is -0.508 e. The van der Waals surface area contributed by atoms with Gasteiger partial charge in [-0.1, -0.05) is 30.3 Å². The zero-order valence-electron chi connectivity index (χ0n) is 19.0. The largest absolute Gasteiger partial charge is 0.508 e. The Bertz CT molecular complexity index is 860. The molecule has 0 amide bonds. The highest BCUT2D eigenvalue weighted by Gasteiger charge is 2.20. The third-order valence-corrected chi connectivity index (χ3v) is 5.87. The summed E-state index contributed by atoms with van der Waals surface area (Å²) in [5.74, 6) is 1.77. The maximum Gasteiger partial charge on any atom is 0.191 e. The van der Waals surface area contributed by atoms with Crippen LogP contribution in [0.5, 0.6) is 11.5 Å². The number of rotatable bonds is 8. The monoisotopic (exact) mass is 424 g/mol. The van der Waals surface area contributed by atoms with Gasteiger partial charge in [0.1, 0.15) is 11.5 Å². The summed E-state index contributed by atoms with van der Waals surface area (Å²) >= 11 is 0. The molecule has 1 heterocycles. The minimum absolute atomic E-state index is 0.258. The molecular formula is C25H36N4O2. The lowest BCUT2D eigenvalue weighted by molar-refractivity contribution is 0.198. The number of phenolic OH excluding ortho intramolecular Hbond substituents is 1. The highest BCUT2D eigenvalue weighted by molar-refractivity contribution is 5.80. The molecule has 1 saturated heterocycles. The van der Waals surface area contributed by atoms with E-state index in [2.05, 4.69) is 53.6 Å². The summed E-state index contributed by atoms with van der Waals surface area (Å²) in [6.07, 6.45) is 2.90. The second-order valence-corrected chi connectivity index (χ2v) is 8.13. The lowest BCUT2D eigenvalue weighted by Crippen LogP contribution is -2.48. The lowest BCUT2D eigenvalue weighted by Gasteiger charge is -2.33. The predicted octanol–water partition coefficient (Wildman–Crippen LogP) is 3.47. The van der Waals surface area contributed by atoms with E-state index in [1.807, 2.05) is 12.1 Å². The Morgan fingerprint density at radius 2 is 1.94 bits per heavy atom. The quantitative estimate of drug-likeness (QED) is 0.447. The van der Waals surface area contributed by atoms with E-state index in [0.29, 0.717) is 24.8 Å². The van der Waals surface area contributed by atoms with Crippen LogP contribution < -0.4 is 15.4 Å². The zero-order valence-corrected chi connectivity index (χ0v) is 19.0. The highest BCUT2D eigenvalue weighted by Crippen LogP contribution is 2.23. The van der Waals surface area contributed by atoms with Crippen molar-refractivity contribution in [1.82, 2.24) is 15.5 Å². The van der Waals surface area contributed by atoms with Gasteiger partial charge in [-0.2, -0.15) is 0 Å². The van der Waals surface area contributed by atoms with E-state index in [1.165, 1.54) is 11.1 Å². The number of hydrogen-bond donors (Lipinski definition) is 3. The molecule has 0 radical (unpaired) electrons.